The van der Waals surface area contributed by atoms with Gasteiger partial charge >= 0.3 is 6.18 Å². The van der Waals surface area contributed by atoms with Crippen LogP contribution in [0.2, 0.25) is 0 Å². The van der Waals surface area contributed by atoms with Crippen molar-refractivity contribution < 1.29 is 22.4 Å². The highest BCUT2D eigenvalue weighted by Crippen LogP contribution is 2.35. The Morgan fingerprint density at radius 3 is 2.52 bits per heavy atom. The van der Waals surface area contributed by atoms with Crippen LogP contribution in [0.5, 0.6) is 0 Å². The van der Waals surface area contributed by atoms with Crippen LogP contribution < -0.4 is 5.32 Å². The lowest BCUT2D eigenvalue weighted by Gasteiger charge is -2.05. The molecule has 1 N–H and O–H groups in total. The minimum atomic E-state index is -4.81. The van der Waals surface area contributed by atoms with E-state index in [1.165, 1.54) is 6.92 Å². The van der Waals surface area contributed by atoms with Crippen LogP contribution in [0, 0.1) is 18.3 Å². The Morgan fingerprint density at radius 1 is 1.30 bits per heavy atom. The zero-order valence-electron chi connectivity index (χ0n) is 11.9. The number of para-hydroxylation sites is 1. The minimum Gasteiger partial charge on any atom is -0.456 e. The third-order valence-electron chi connectivity index (χ3n) is 2.88. The Kier molecular flexibility index (Phi) is 4.55. The first-order valence-electron chi connectivity index (χ1n) is 6.47. The average Bonchev–Trinajstić information content (AvgIpc) is 2.91. The number of aryl methyl sites for hydroxylation is 1. The molecule has 0 unspecified atom stereocenters. The highest BCUT2D eigenvalue weighted by molar-refractivity contribution is 6.12. The zero-order chi connectivity index (χ0) is 17.0. The van der Waals surface area contributed by atoms with Gasteiger partial charge in [-0.3, -0.25) is 4.79 Å². The van der Waals surface area contributed by atoms with Crippen LogP contribution in [0.15, 0.2) is 52.6 Å². The summed E-state index contributed by atoms with van der Waals surface area (Å²) in [6.07, 6.45) is -3.74. The fourth-order valence-electron chi connectivity index (χ4n) is 1.88. The Bertz CT molecular complexity index is 784. The lowest BCUT2D eigenvalue weighted by Crippen LogP contribution is -2.12. The molecular weight excluding hydrogens is 309 g/mol. The van der Waals surface area contributed by atoms with Crippen molar-refractivity contribution in [2.45, 2.75) is 13.1 Å². The van der Waals surface area contributed by atoms with Gasteiger partial charge in [-0.25, -0.2) is 0 Å². The maximum atomic E-state index is 12.9. The fourth-order valence-corrected chi connectivity index (χ4v) is 1.88. The molecule has 0 aliphatic carbocycles. The molecule has 1 aromatic carbocycles. The van der Waals surface area contributed by atoms with Gasteiger partial charge in [0.1, 0.15) is 17.4 Å². The number of benzene rings is 1. The van der Waals surface area contributed by atoms with E-state index in [2.05, 4.69) is 9.73 Å². The summed E-state index contributed by atoms with van der Waals surface area (Å²) in [7, 11) is 0. The number of alkyl halides is 3. The lowest BCUT2D eigenvalue weighted by atomic mass is 10.0. The first kappa shape index (κ1) is 16.4. The van der Waals surface area contributed by atoms with Crippen molar-refractivity contribution in [2.75, 3.05) is 5.32 Å². The summed E-state index contributed by atoms with van der Waals surface area (Å²) in [4.78, 5) is 12.2. The fraction of sp³-hybridized carbons (Fsp3) is 0.125. The SMILES string of the molecule is Cc1cc(C(=O)/C(C#N)=C\Nc2ccccc2)c(C(F)(F)F)o1. The molecule has 0 saturated carbocycles. The number of Topliss-reactive ketones (excluding diaryl/α,β-unsaturated/α-hetero) is 1. The topological polar surface area (TPSA) is 66.0 Å². The van der Waals surface area contributed by atoms with E-state index in [4.69, 9.17) is 5.26 Å². The van der Waals surface area contributed by atoms with Crippen LogP contribution >= 0.6 is 0 Å². The van der Waals surface area contributed by atoms with Crippen molar-refractivity contribution in [1.82, 2.24) is 0 Å². The summed E-state index contributed by atoms with van der Waals surface area (Å²) >= 11 is 0. The van der Waals surface area contributed by atoms with Gasteiger partial charge in [0.05, 0.1) is 5.56 Å². The maximum Gasteiger partial charge on any atom is 0.450 e. The number of nitriles is 1. The standard InChI is InChI=1S/C16H11F3N2O2/c1-10-7-13(15(23-10)16(17,18)19)14(22)11(8-20)9-21-12-5-3-2-4-6-12/h2-7,9,21H,1H3/b11-9-. The molecule has 1 heterocycles. The van der Waals surface area contributed by atoms with Crippen LogP contribution in [-0.4, -0.2) is 5.78 Å². The largest absolute Gasteiger partial charge is 0.456 e. The number of hydrogen-bond acceptors (Lipinski definition) is 4. The van der Waals surface area contributed by atoms with Crippen molar-refractivity contribution >= 4 is 11.5 Å². The number of rotatable bonds is 4. The number of carbonyl (C=O) groups excluding carboxylic acids is 1. The van der Waals surface area contributed by atoms with E-state index in [1.807, 2.05) is 0 Å². The normalized spacial score (nSPS) is 11.9. The number of furan rings is 1. The molecule has 0 amide bonds. The lowest BCUT2D eigenvalue weighted by molar-refractivity contribution is -0.153. The van der Waals surface area contributed by atoms with Crippen LogP contribution in [0.1, 0.15) is 21.9 Å². The molecule has 0 aliphatic heterocycles. The summed E-state index contributed by atoms with van der Waals surface area (Å²) in [6.45, 7) is 1.30. The molecule has 2 rings (SSSR count). The summed E-state index contributed by atoms with van der Waals surface area (Å²) < 4.78 is 43.2. The smallest absolute Gasteiger partial charge is 0.450 e. The second kappa shape index (κ2) is 6.40. The highest BCUT2D eigenvalue weighted by Gasteiger charge is 2.40. The van der Waals surface area contributed by atoms with E-state index >= 15 is 0 Å². The molecule has 0 atom stereocenters. The number of carbonyl (C=O) groups is 1. The molecule has 0 saturated heterocycles. The molecular formula is C16H11F3N2O2. The second-order valence-corrected chi connectivity index (χ2v) is 4.61. The molecule has 118 valence electrons. The molecule has 0 spiro atoms. The number of nitrogens with one attached hydrogen (secondary N) is 1. The van der Waals surface area contributed by atoms with E-state index in [0.29, 0.717) is 5.69 Å². The van der Waals surface area contributed by atoms with Crippen LogP contribution in [0.3, 0.4) is 0 Å². The number of allylic oxidation sites excluding steroid dienone is 1. The molecule has 7 heteroatoms. The van der Waals surface area contributed by atoms with Crippen molar-refractivity contribution in [3.63, 3.8) is 0 Å². The molecule has 2 aromatic rings. The molecule has 0 fully saturated rings. The quantitative estimate of drug-likeness (QED) is 0.518. The van der Waals surface area contributed by atoms with Gasteiger partial charge in [0, 0.05) is 11.9 Å². The third kappa shape index (κ3) is 3.80. The average molecular weight is 320 g/mol. The summed E-state index contributed by atoms with van der Waals surface area (Å²) in [5, 5.41) is 11.7. The summed E-state index contributed by atoms with van der Waals surface area (Å²) in [5.74, 6) is -2.52. The van der Waals surface area contributed by atoms with Crippen molar-refractivity contribution in [3.05, 3.63) is 65.3 Å². The monoisotopic (exact) mass is 320 g/mol. The Balaban J connectivity index is 2.33. The number of ketones is 1. The summed E-state index contributed by atoms with van der Waals surface area (Å²) in [5.41, 5.74) is -0.551. The van der Waals surface area contributed by atoms with Gasteiger partial charge in [-0.05, 0) is 25.1 Å². The Morgan fingerprint density at radius 2 is 1.96 bits per heavy atom. The maximum absolute atomic E-state index is 12.9. The van der Waals surface area contributed by atoms with Gasteiger partial charge in [0.2, 0.25) is 11.5 Å². The van der Waals surface area contributed by atoms with Crippen molar-refractivity contribution in [2.24, 2.45) is 0 Å². The van der Waals surface area contributed by atoms with Crippen molar-refractivity contribution in [3.8, 4) is 6.07 Å². The van der Waals surface area contributed by atoms with Gasteiger partial charge < -0.3 is 9.73 Å². The van der Waals surface area contributed by atoms with Crippen LogP contribution in [-0.2, 0) is 6.18 Å². The molecule has 23 heavy (non-hydrogen) atoms. The van der Waals surface area contributed by atoms with E-state index in [1.54, 1.807) is 36.4 Å². The minimum absolute atomic E-state index is 0.0611. The van der Waals surface area contributed by atoms with Crippen LogP contribution in [0.4, 0.5) is 18.9 Å². The van der Waals surface area contributed by atoms with Crippen LogP contribution in [0.25, 0.3) is 0 Å². The van der Waals surface area contributed by atoms with E-state index in [9.17, 15) is 18.0 Å². The first-order valence-corrected chi connectivity index (χ1v) is 6.47. The molecule has 1 aromatic heterocycles. The van der Waals surface area contributed by atoms with Gasteiger partial charge in [0.25, 0.3) is 0 Å². The first-order chi connectivity index (χ1) is 10.8. The van der Waals surface area contributed by atoms with E-state index in [-0.39, 0.29) is 5.76 Å². The van der Waals surface area contributed by atoms with Gasteiger partial charge in [-0.1, -0.05) is 18.2 Å². The molecule has 4 nitrogen and oxygen atoms in total. The summed E-state index contributed by atoms with van der Waals surface area (Å²) in [6, 6.07) is 11.2. The Hall–Kier alpha value is -3.01. The van der Waals surface area contributed by atoms with E-state index in [0.717, 1.165) is 12.3 Å². The zero-order valence-corrected chi connectivity index (χ0v) is 11.9. The van der Waals surface area contributed by atoms with E-state index < -0.39 is 28.9 Å². The van der Waals surface area contributed by atoms with Gasteiger partial charge in [-0.15, -0.1) is 0 Å². The number of hydrogen-bond donors (Lipinski definition) is 1. The van der Waals surface area contributed by atoms with Gasteiger partial charge in [0.15, 0.2) is 0 Å². The van der Waals surface area contributed by atoms with Gasteiger partial charge in [-0.2, -0.15) is 18.4 Å². The predicted octanol–water partition coefficient (Wildman–Crippen LogP) is 4.31. The number of anilines is 1. The number of halogens is 3. The molecule has 0 bridgehead atoms. The second-order valence-electron chi connectivity index (χ2n) is 4.61. The predicted molar refractivity (Wildman–Crippen MR) is 76.5 cm³/mol. The molecule has 0 radical (unpaired) electrons. The molecule has 0 aliphatic rings. The third-order valence-corrected chi connectivity index (χ3v) is 2.88. The highest BCUT2D eigenvalue weighted by atomic mass is 19.4. The van der Waals surface area contributed by atoms with Crippen molar-refractivity contribution in [1.29, 1.82) is 5.26 Å². The number of nitrogens with zero attached hydrogens (tertiary/aromatic N) is 1. The Labute approximate surface area is 129 Å².